The van der Waals surface area contributed by atoms with E-state index in [9.17, 15) is 0 Å². The summed E-state index contributed by atoms with van der Waals surface area (Å²) in [5.41, 5.74) is 12.9. The Hall–Kier alpha value is -8.54. The van der Waals surface area contributed by atoms with E-state index < -0.39 is 0 Å². The molecule has 63 heavy (non-hydrogen) atoms. The lowest BCUT2D eigenvalue weighted by atomic mass is 9.92. The molecular formula is C58H36N4O. The van der Waals surface area contributed by atoms with Gasteiger partial charge in [0.1, 0.15) is 5.58 Å². The quantitative estimate of drug-likeness (QED) is 0.161. The van der Waals surface area contributed by atoms with Gasteiger partial charge in [0.05, 0.1) is 5.69 Å². The average Bonchev–Trinajstić information content (AvgIpc) is 3.75. The molecule has 294 valence electrons. The summed E-state index contributed by atoms with van der Waals surface area (Å²) in [6.07, 6.45) is 0. The molecule has 0 bridgehead atoms. The minimum Gasteiger partial charge on any atom is -0.438 e. The summed E-state index contributed by atoms with van der Waals surface area (Å²) in [6.45, 7) is 0. The molecule has 0 fully saturated rings. The van der Waals surface area contributed by atoms with Crippen LogP contribution in [0.25, 0.3) is 122 Å². The molecule has 3 aromatic heterocycles. The lowest BCUT2D eigenvalue weighted by Gasteiger charge is -2.14. The summed E-state index contributed by atoms with van der Waals surface area (Å²) in [6, 6.07) is 75.8. The van der Waals surface area contributed by atoms with Gasteiger partial charge in [0.15, 0.2) is 17.5 Å². The number of aromatic nitrogens is 4. The SMILES string of the molecule is c1ccc(-c2ccc(-c3nc(-c4ccccc4)nc(-c4ccc(-c5cccc6oc7nc(-c8ccc(-c9ccccc9)c9ccccc89)ccc7c56)c5ccccc45)n3)cc2)cc1. The Balaban J connectivity index is 0.973. The third kappa shape index (κ3) is 6.42. The molecule has 3 heterocycles. The number of hydrogen-bond acceptors (Lipinski definition) is 5. The van der Waals surface area contributed by atoms with Gasteiger partial charge in [0, 0.05) is 33.0 Å². The van der Waals surface area contributed by atoms with Crippen LogP contribution in [-0.2, 0) is 0 Å². The number of hydrogen-bond donors (Lipinski definition) is 0. The Bertz CT molecular complexity index is 3660. The Kier molecular flexibility index (Phi) is 8.75. The van der Waals surface area contributed by atoms with Gasteiger partial charge >= 0.3 is 0 Å². The fourth-order valence-corrected chi connectivity index (χ4v) is 8.99. The topological polar surface area (TPSA) is 64.7 Å². The van der Waals surface area contributed by atoms with E-state index in [1.165, 1.54) is 16.5 Å². The van der Waals surface area contributed by atoms with Gasteiger partial charge in [0.2, 0.25) is 5.71 Å². The average molecular weight is 805 g/mol. The van der Waals surface area contributed by atoms with Crippen molar-refractivity contribution >= 4 is 43.6 Å². The zero-order chi connectivity index (χ0) is 41.7. The molecule has 0 aliphatic heterocycles. The van der Waals surface area contributed by atoms with Crippen molar-refractivity contribution in [3.63, 3.8) is 0 Å². The second-order valence-corrected chi connectivity index (χ2v) is 15.7. The van der Waals surface area contributed by atoms with Gasteiger partial charge in [-0.2, -0.15) is 0 Å². The number of furan rings is 1. The maximum absolute atomic E-state index is 6.59. The third-order valence-corrected chi connectivity index (χ3v) is 12.0. The highest BCUT2D eigenvalue weighted by Gasteiger charge is 2.20. The molecule has 12 rings (SSSR count). The minimum absolute atomic E-state index is 0.607. The third-order valence-electron chi connectivity index (χ3n) is 12.0. The Morgan fingerprint density at radius 1 is 0.254 bits per heavy atom. The van der Waals surface area contributed by atoms with Gasteiger partial charge < -0.3 is 4.42 Å². The van der Waals surface area contributed by atoms with Crippen LogP contribution in [0.2, 0.25) is 0 Å². The summed E-state index contributed by atoms with van der Waals surface area (Å²) in [4.78, 5) is 20.5. The molecule has 0 N–H and O–H groups in total. The minimum atomic E-state index is 0.607. The smallest absolute Gasteiger partial charge is 0.227 e. The van der Waals surface area contributed by atoms with Crippen LogP contribution in [0.5, 0.6) is 0 Å². The Morgan fingerprint density at radius 2 is 0.730 bits per heavy atom. The van der Waals surface area contributed by atoms with Crippen LogP contribution >= 0.6 is 0 Å². The molecule has 5 heteroatoms. The molecule has 0 saturated carbocycles. The standard InChI is InChI=1S/C58H36N4O/c1-4-15-37(16-5-1)38-27-29-41(30-28-38)56-60-55(40-19-8-3-9-20-40)61-57(62-56)50-34-32-47(44-22-11-13-24-46(44)50)49-25-14-26-53-54(49)51-35-36-52(59-58(51)63-53)48-33-31-42(39-17-6-2-7-18-39)43-21-10-12-23-45(43)48/h1-36H. The predicted molar refractivity (Wildman–Crippen MR) is 258 cm³/mol. The number of rotatable bonds is 7. The van der Waals surface area contributed by atoms with Gasteiger partial charge in [-0.15, -0.1) is 0 Å². The molecule has 0 spiro atoms. The molecule has 9 aromatic carbocycles. The first-order chi connectivity index (χ1) is 31.2. The molecule has 0 aliphatic carbocycles. The van der Waals surface area contributed by atoms with E-state index in [1.54, 1.807) is 0 Å². The molecule has 0 atom stereocenters. The van der Waals surface area contributed by atoms with Crippen molar-refractivity contribution in [1.82, 2.24) is 19.9 Å². The van der Waals surface area contributed by atoms with E-state index in [0.29, 0.717) is 23.2 Å². The summed E-state index contributed by atoms with van der Waals surface area (Å²) in [7, 11) is 0. The molecule has 0 unspecified atom stereocenters. The number of pyridine rings is 1. The molecular weight excluding hydrogens is 769 g/mol. The van der Waals surface area contributed by atoms with Gasteiger partial charge in [-0.1, -0.05) is 194 Å². The first-order valence-corrected chi connectivity index (χ1v) is 21.1. The second-order valence-electron chi connectivity index (χ2n) is 15.7. The monoisotopic (exact) mass is 804 g/mol. The number of fused-ring (bicyclic) bond motifs is 5. The molecule has 12 aromatic rings. The zero-order valence-corrected chi connectivity index (χ0v) is 34.0. The summed E-state index contributed by atoms with van der Waals surface area (Å²) >= 11 is 0. The van der Waals surface area contributed by atoms with Crippen LogP contribution in [0.1, 0.15) is 0 Å². The lowest BCUT2D eigenvalue weighted by molar-refractivity contribution is 0.655. The summed E-state index contributed by atoms with van der Waals surface area (Å²) < 4.78 is 6.59. The highest BCUT2D eigenvalue weighted by molar-refractivity contribution is 6.16. The molecule has 0 radical (unpaired) electrons. The van der Waals surface area contributed by atoms with Gasteiger partial charge in [-0.3, -0.25) is 0 Å². The molecule has 0 amide bonds. The largest absolute Gasteiger partial charge is 0.438 e. The van der Waals surface area contributed by atoms with E-state index in [4.69, 9.17) is 24.4 Å². The van der Waals surface area contributed by atoms with Gasteiger partial charge in [0.25, 0.3) is 0 Å². The highest BCUT2D eigenvalue weighted by atomic mass is 16.3. The number of nitrogens with zero attached hydrogens (tertiary/aromatic N) is 4. The van der Waals surface area contributed by atoms with Gasteiger partial charge in [-0.25, -0.2) is 19.9 Å². The first kappa shape index (κ1) is 36.3. The fraction of sp³-hybridized carbons (Fsp3) is 0. The predicted octanol–water partition coefficient (Wildman–Crippen LogP) is 15.1. The lowest BCUT2D eigenvalue weighted by Crippen LogP contribution is -2.00. The zero-order valence-electron chi connectivity index (χ0n) is 34.0. The van der Waals surface area contributed by atoms with Crippen molar-refractivity contribution in [2.24, 2.45) is 0 Å². The van der Waals surface area contributed by atoms with Crippen LogP contribution in [0.4, 0.5) is 0 Å². The van der Waals surface area contributed by atoms with Crippen LogP contribution in [0.3, 0.4) is 0 Å². The maximum atomic E-state index is 6.59. The van der Waals surface area contributed by atoms with Crippen LogP contribution in [0.15, 0.2) is 223 Å². The summed E-state index contributed by atoms with van der Waals surface area (Å²) in [5.74, 6) is 1.85. The number of benzene rings is 9. The van der Waals surface area contributed by atoms with Crippen molar-refractivity contribution in [2.45, 2.75) is 0 Å². The highest BCUT2D eigenvalue weighted by Crippen LogP contribution is 2.43. The van der Waals surface area contributed by atoms with Gasteiger partial charge in [-0.05, 0) is 79.2 Å². The Morgan fingerprint density at radius 3 is 1.41 bits per heavy atom. The maximum Gasteiger partial charge on any atom is 0.227 e. The van der Waals surface area contributed by atoms with Crippen molar-refractivity contribution < 1.29 is 4.42 Å². The van der Waals surface area contributed by atoms with E-state index in [1.807, 2.05) is 42.5 Å². The molecule has 5 nitrogen and oxygen atoms in total. The van der Waals surface area contributed by atoms with Crippen molar-refractivity contribution in [3.8, 4) is 78.8 Å². The fourth-order valence-electron chi connectivity index (χ4n) is 8.99. The van der Waals surface area contributed by atoms with Crippen LogP contribution in [-0.4, -0.2) is 19.9 Å². The van der Waals surface area contributed by atoms with E-state index in [2.05, 4.69) is 176 Å². The van der Waals surface area contributed by atoms with Crippen molar-refractivity contribution in [2.75, 3.05) is 0 Å². The van der Waals surface area contributed by atoms with E-state index >= 15 is 0 Å². The second kappa shape index (κ2) is 15.2. The molecule has 0 saturated heterocycles. The molecule has 0 aliphatic rings. The summed E-state index contributed by atoms with van der Waals surface area (Å²) in [5, 5.41) is 6.46. The Labute approximate surface area is 363 Å². The van der Waals surface area contributed by atoms with E-state index in [0.717, 1.165) is 82.7 Å². The first-order valence-electron chi connectivity index (χ1n) is 21.1. The van der Waals surface area contributed by atoms with Crippen LogP contribution < -0.4 is 0 Å². The van der Waals surface area contributed by atoms with Crippen molar-refractivity contribution in [1.29, 1.82) is 0 Å². The van der Waals surface area contributed by atoms with Crippen LogP contribution in [0, 0.1) is 0 Å². The van der Waals surface area contributed by atoms with Crippen molar-refractivity contribution in [3.05, 3.63) is 218 Å². The normalized spacial score (nSPS) is 11.5. The van der Waals surface area contributed by atoms with E-state index in [-0.39, 0.29) is 0 Å².